The lowest BCUT2D eigenvalue weighted by atomic mass is 10.2. The third-order valence-corrected chi connectivity index (χ3v) is 5.69. The van der Waals surface area contributed by atoms with Crippen LogP contribution in [0.25, 0.3) is 10.6 Å². The quantitative estimate of drug-likeness (QED) is 0.322. The number of ether oxygens (including phenoxy) is 2. The Morgan fingerprint density at radius 3 is 2.67 bits per heavy atom. The minimum Gasteiger partial charge on any atom is -0.489 e. The van der Waals surface area contributed by atoms with Crippen molar-refractivity contribution in [1.29, 1.82) is 0 Å². The van der Waals surface area contributed by atoms with Crippen LogP contribution in [-0.4, -0.2) is 21.0 Å². The molecule has 0 saturated heterocycles. The van der Waals surface area contributed by atoms with Crippen molar-refractivity contribution in [2.45, 2.75) is 13.2 Å². The van der Waals surface area contributed by atoms with Gasteiger partial charge < -0.3 is 14.6 Å². The number of aromatic nitrogens is 2. The molecule has 152 valence electrons. The molecule has 2 aromatic heterocycles. The molecule has 0 spiro atoms. The number of nitrogens with zero attached hydrogens (tertiary/aromatic N) is 2. The van der Waals surface area contributed by atoms with Crippen LogP contribution >= 0.6 is 27.3 Å². The van der Waals surface area contributed by atoms with E-state index < -0.39 is 6.16 Å². The Morgan fingerprint density at radius 2 is 1.93 bits per heavy atom. The molecule has 0 atom stereocenters. The largest absolute Gasteiger partial charge is 0.512 e. The number of carbonyl (C=O) groups is 1. The zero-order valence-electron chi connectivity index (χ0n) is 15.7. The molecule has 4 aromatic rings. The molecule has 4 rings (SSSR count). The first kappa shape index (κ1) is 20.2. The number of halogens is 1. The Morgan fingerprint density at radius 1 is 1.10 bits per heavy atom. The van der Waals surface area contributed by atoms with Crippen LogP contribution in [0, 0.1) is 0 Å². The minimum absolute atomic E-state index is 0.0349. The predicted molar refractivity (Wildman–Crippen MR) is 118 cm³/mol. The van der Waals surface area contributed by atoms with Gasteiger partial charge in [-0.25, -0.2) is 4.79 Å². The van der Waals surface area contributed by atoms with Crippen molar-refractivity contribution in [2.75, 3.05) is 0 Å². The maximum Gasteiger partial charge on any atom is 0.512 e. The maximum atomic E-state index is 11.0. The molecule has 6 nitrogen and oxygen atoms in total. The first-order chi connectivity index (χ1) is 14.6. The summed E-state index contributed by atoms with van der Waals surface area (Å²) in [7, 11) is 0. The van der Waals surface area contributed by atoms with Gasteiger partial charge in [-0.2, -0.15) is 0 Å². The number of carboxylic acid groups (broad SMARTS) is 1. The van der Waals surface area contributed by atoms with Gasteiger partial charge >= 0.3 is 6.16 Å². The Kier molecular flexibility index (Phi) is 6.15. The average Bonchev–Trinajstić information content (AvgIpc) is 3.38. The predicted octanol–water partition coefficient (Wildman–Crippen LogP) is 6.06. The van der Waals surface area contributed by atoms with Crippen molar-refractivity contribution < 1.29 is 19.4 Å². The first-order valence-corrected chi connectivity index (χ1v) is 10.7. The summed E-state index contributed by atoms with van der Waals surface area (Å²) in [5.74, 6) is 0.767. The summed E-state index contributed by atoms with van der Waals surface area (Å²) >= 11 is 5.06. The molecule has 0 amide bonds. The second kappa shape index (κ2) is 9.15. The molecule has 1 N–H and O–H groups in total. The highest BCUT2D eigenvalue weighted by molar-refractivity contribution is 9.10. The first-order valence-electron chi connectivity index (χ1n) is 9.06. The smallest absolute Gasteiger partial charge is 0.489 e. The molecule has 0 unspecified atom stereocenters. The number of hydrogen-bond donors (Lipinski definition) is 1. The van der Waals surface area contributed by atoms with Crippen molar-refractivity contribution in [3.8, 4) is 22.2 Å². The summed E-state index contributed by atoms with van der Waals surface area (Å²) in [5, 5.41) is 15.2. The molecule has 30 heavy (non-hydrogen) atoms. The molecular formula is C22H17BrN2O4S. The SMILES string of the molecule is O=C(O)Oc1cc(-c2cccs2)n(Cc2cc(Br)ccc2OCc2ccccc2)n1. The van der Waals surface area contributed by atoms with Gasteiger partial charge in [0.05, 0.1) is 17.1 Å². The van der Waals surface area contributed by atoms with E-state index >= 15 is 0 Å². The van der Waals surface area contributed by atoms with Gasteiger partial charge in [-0.1, -0.05) is 52.3 Å². The van der Waals surface area contributed by atoms with E-state index in [0.717, 1.165) is 31.9 Å². The van der Waals surface area contributed by atoms with E-state index in [-0.39, 0.29) is 5.88 Å². The van der Waals surface area contributed by atoms with Crippen molar-refractivity contribution in [3.63, 3.8) is 0 Å². The fraction of sp³-hybridized carbons (Fsp3) is 0.0909. The van der Waals surface area contributed by atoms with Gasteiger partial charge in [0, 0.05) is 16.1 Å². The lowest BCUT2D eigenvalue weighted by Crippen LogP contribution is -2.08. The second-order valence-electron chi connectivity index (χ2n) is 6.40. The molecule has 8 heteroatoms. The maximum absolute atomic E-state index is 11.0. The molecule has 0 bridgehead atoms. The van der Waals surface area contributed by atoms with Crippen molar-refractivity contribution in [2.24, 2.45) is 0 Å². The topological polar surface area (TPSA) is 73.6 Å². The van der Waals surface area contributed by atoms with Crippen LogP contribution in [0.4, 0.5) is 4.79 Å². The zero-order valence-corrected chi connectivity index (χ0v) is 18.1. The molecule has 0 radical (unpaired) electrons. The van der Waals surface area contributed by atoms with Crippen LogP contribution < -0.4 is 9.47 Å². The molecular weight excluding hydrogens is 468 g/mol. The summed E-state index contributed by atoms with van der Waals surface area (Å²) in [5.41, 5.74) is 2.75. The lowest BCUT2D eigenvalue weighted by Gasteiger charge is -2.13. The summed E-state index contributed by atoms with van der Waals surface area (Å²) in [6.07, 6.45) is -1.40. The number of rotatable bonds is 7. The summed E-state index contributed by atoms with van der Waals surface area (Å²) in [4.78, 5) is 11.9. The van der Waals surface area contributed by atoms with E-state index in [0.29, 0.717) is 13.2 Å². The van der Waals surface area contributed by atoms with E-state index in [4.69, 9.17) is 14.6 Å². The zero-order chi connectivity index (χ0) is 20.9. The van der Waals surface area contributed by atoms with E-state index in [1.165, 1.54) is 0 Å². The number of thiophene rings is 1. The standard InChI is InChI=1S/C22H17BrN2O4S/c23-17-8-9-19(28-14-15-5-2-1-3-6-15)16(11-17)13-25-18(20-7-4-10-30-20)12-21(24-25)29-22(26)27/h1-12H,13-14H2,(H,26,27). The van der Waals surface area contributed by atoms with Crippen LogP contribution in [0.15, 0.2) is 76.6 Å². The summed E-state index contributed by atoms with van der Waals surface area (Å²) in [6.45, 7) is 0.833. The van der Waals surface area contributed by atoms with Crippen LogP contribution in [0.3, 0.4) is 0 Å². The normalized spacial score (nSPS) is 10.7. The minimum atomic E-state index is -1.40. The van der Waals surface area contributed by atoms with E-state index in [1.54, 1.807) is 22.1 Å². The molecule has 0 aliphatic heterocycles. The monoisotopic (exact) mass is 484 g/mol. The van der Waals surface area contributed by atoms with Gasteiger partial charge in [-0.15, -0.1) is 16.4 Å². The number of benzene rings is 2. The van der Waals surface area contributed by atoms with Crippen LogP contribution in [0.2, 0.25) is 0 Å². The van der Waals surface area contributed by atoms with Crippen molar-refractivity contribution >= 4 is 33.4 Å². The van der Waals surface area contributed by atoms with Crippen LogP contribution in [0.5, 0.6) is 11.6 Å². The van der Waals surface area contributed by atoms with Crippen molar-refractivity contribution in [1.82, 2.24) is 9.78 Å². The number of hydrogen-bond acceptors (Lipinski definition) is 5. The molecule has 2 aromatic carbocycles. The molecule has 0 aliphatic carbocycles. The Hall–Kier alpha value is -3.10. The van der Waals surface area contributed by atoms with Gasteiger partial charge in [-0.05, 0) is 35.2 Å². The Balaban J connectivity index is 1.64. The summed E-state index contributed by atoms with van der Waals surface area (Å²) in [6, 6.07) is 21.3. The highest BCUT2D eigenvalue weighted by Crippen LogP contribution is 2.31. The lowest BCUT2D eigenvalue weighted by molar-refractivity contribution is 0.142. The van der Waals surface area contributed by atoms with Gasteiger partial charge in [0.25, 0.3) is 0 Å². The third-order valence-electron chi connectivity index (χ3n) is 4.30. The Labute approximate surface area is 185 Å². The van der Waals surface area contributed by atoms with E-state index in [2.05, 4.69) is 21.0 Å². The van der Waals surface area contributed by atoms with Gasteiger partial charge in [-0.3, -0.25) is 4.68 Å². The molecule has 0 fully saturated rings. The molecule has 2 heterocycles. The second-order valence-corrected chi connectivity index (χ2v) is 8.26. The molecule has 0 saturated carbocycles. The van der Waals surface area contributed by atoms with E-state index in [9.17, 15) is 4.79 Å². The molecule has 0 aliphatic rings. The van der Waals surface area contributed by atoms with Gasteiger partial charge in [0.2, 0.25) is 5.88 Å². The van der Waals surface area contributed by atoms with Crippen molar-refractivity contribution in [3.05, 3.63) is 87.7 Å². The average molecular weight is 485 g/mol. The third kappa shape index (κ3) is 4.90. The van der Waals surface area contributed by atoms with Crippen LogP contribution in [-0.2, 0) is 13.2 Å². The summed E-state index contributed by atoms with van der Waals surface area (Å²) < 4.78 is 13.5. The fourth-order valence-electron chi connectivity index (χ4n) is 2.98. The highest BCUT2D eigenvalue weighted by Gasteiger charge is 2.16. The van der Waals surface area contributed by atoms with Crippen LogP contribution in [0.1, 0.15) is 11.1 Å². The van der Waals surface area contributed by atoms with Gasteiger partial charge in [0.15, 0.2) is 0 Å². The van der Waals surface area contributed by atoms with Gasteiger partial charge in [0.1, 0.15) is 12.4 Å². The fourth-order valence-corrected chi connectivity index (χ4v) is 4.14. The Bertz CT molecular complexity index is 1140. The highest BCUT2D eigenvalue weighted by atomic mass is 79.9. The van der Waals surface area contributed by atoms with E-state index in [1.807, 2.05) is 66.0 Å².